The van der Waals surface area contributed by atoms with Crippen molar-refractivity contribution in [2.45, 2.75) is 39.7 Å². The molecule has 0 aliphatic rings. The predicted molar refractivity (Wildman–Crippen MR) is 59.1 cm³/mol. The molecule has 0 amide bonds. The average molecular weight is 243 g/mol. The van der Waals surface area contributed by atoms with Gasteiger partial charge in [-0.2, -0.15) is 0 Å². The monoisotopic (exact) mass is 242 g/mol. The molecule has 0 radical (unpaired) electrons. The van der Waals surface area contributed by atoms with E-state index in [1.807, 2.05) is 13.8 Å². The van der Waals surface area contributed by atoms with E-state index >= 15 is 0 Å². The van der Waals surface area contributed by atoms with E-state index in [0.717, 1.165) is 12.8 Å². The van der Waals surface area contributed by atoms with E-state index in [9.17, 15) is 8.42 Å². The second-order valence-electron chi connectivity index (χ2n) is 3.74. The molecule has 14 heavy (non-hydrogen) atoms. The van der Waals surface area contributed by atoms with Crippen LogP contribution in [0.2, 0.25) is 0 Å². The number of ether oxygens (including phenoxy) is 1. The number of hydrogen-bond acceptors (Lipinski definition) is 3. The SMILES string of the molecule is CCCC(C)OCC(C)CS(=O)(=O)Cl. The Morgan fingerprint density at radius 1 is 1.36 bits per heavy atom. The molecule has 0 aromatic rings. The maximum Gasteiger partial charge on any atom is 0.232 e. The summed E-state index contributed by atoms with van der Waals surface area (Å²) in [5, 5.41) is 0. The third kappa shape index (κ3) is 8.78. The van der Waals surface area contributed by atoms with Crippen LogP contribution in [-0.2, 0) is 13.8 Å². The summed E-state index contributed by atoms with van der Waals surface area (Å²) in [5.74, 6) is -0.0651. The van der Waals surface area contributed by atoms with Crippen LogP contribution in [0.25, 0.3) is 0 Å². The van der Waals surface area contributed by atoms with Gasteiger partial charge in [-0.05, 0) is 19.3 Å². The van der Waals surface area contributed by atoms with E-state index in [2.05, 4.69) is 6.92 Å². The Bertz CT molecular complexity index is 238. The van der Waals surface area contributed by atoms with Crippen LogP contribution in [0.1, 0.15) is 33.6 Å². The maximum absolute atomic E-state index is 10.7. The highest BCUT2D eigenvalue weighted by Crippen LogP contribution is 2.08. The normalized spacial score (nSPS) is 16.6. The summed E-state index contributed by atoms with van der Waals surface area (Å²) in [6.07, 6.45) is 2.27. The van der Waals surface area contributed by atoms with Gasteiger partial charge in [-0.25, -0.2) is 8.42 Å². The lowest BCUT2D eigenvalue weighted by molar-refractivity contribution is 0.0427. The standard InChI is InChI=1S/C9H19ClO3S/c1-4-5-9(3)13-6-8(2)7-14(10,11)12/h8-9H,4-7H2,1-3H3. The first kappa shape index (κ1) is 14.2. The van der Waals surface area contributed by atoms with E-state index in [4.69, 9.17) is 15.4 Å². The van der Waals surface area contributed by atoms with Crippen LogP contribution in [0, 0.1) is 5.92 Å². The van der Waals surface area contributed by atoms with Crippen molar-refractivity contribution in [1.82, 2.24) is 0 Å². The zero-order valence-electron chi connectivity index (χ0n) is 8.99. The van der Waals surface area contributed by atoms with Gasteiger partial charge in [-0.15, -0.1) is 0 Å². The van der Waals surface area contributed by atoms with Crippen molar-refractivity contribution in [3.8, 4) is 0 Å². The van der Waals surface area contributed by atoms with Crippen LogP contribution >= 0.6 is 10.7 Å². The molecule has 2 unspecified atom stereocenters. The summed E-state index contributed by atoms with van der Waals surface area (Å²) in [5.41, 5.74) is 0. The Morgan fingerprint density at radius 2 is 1.93 bits per heavy atom. The molecule has 0 aliphatic heterocycles. The van der Waals surface area contributed by atoms with Gasteiger partial charge in [0.25, 0.3) is 0 Å². The van der Waals surface area contributed by atoms with E-state index < -0.39 is 9.05 Å². The number of hydrogen-bond donors (Lipinski definition) is 0. The van der Waals surface area contributed by atoms with E-state index in [-0.39, 0.29) is 17.8 Å². The summed E-state index contributed by atoms with van der Waals surface area (Å²) in [6.45, 7) is 6.35. The third-order valence-corrected chi connectivity index (χ3v) is 3.19. The second-order valence-corrected chi connectivity index (χ2v) is 6.56. The minimum absolute atomic E-state index is 0.0204. The minimum atomic E-state index is -3.39. The second kappa shape index (κ2) is 6.64. The quantitative estimate of drug-likeness (QED) is 0.644. The molecular formula is C9H19ClO3S. The van der Waals surface area contributed by atoms with E-state index in [1.165, 1.54) is 0 Å². The molecule has 0 aromatic heterocycles. The van der Waals surface area contributed by atoms with Gasteiger partial charge in [0.05, 0.1) is 18.5 Å². The number of halogens is 1. The molecule has 3 nitrogen and oxygen atoms in total. The smallest absolute Gasteiger partial charge is 0.232 e. The zero-order chi connectivity index (χ0) is 11.2. The largest absolute Gasteiger partial charge is 0.378 e. The Kier molecular flexibility index (Phi) is 6.74. The van der Waals surface area contributed by atoms with Gasteiger partial charge in [-0.1, -0.05) is 20.3 Å². The summed E-state index contributed by atoms with van der Waals surface area (Å²) in [7, 11) is 1.73. The van der Waals surface area contributed by atoms with Gasteiger partial charge < -0.3 is 4.74 Å². The fourth-order valence-electron chi connectivity index (χ4n) is 1.21. The van der Waals surface area contributed by atoms with E-state index in [0.29, 0.717) is 6.61 Å². The lowest BCUT2D eigenvalue weighted by Crippen LogP contribution is -2.18. The maximum atomic E-state index is 10.7. The lowest BCUT2D eigenvalue weighted by Gasteiger charge is -2.15. The van der Waals surface area contributed by atoms with Gasteiger partial charge in [0, 0.05) is 10.7 Å². The van der Waals surface area contributed by atoms with Crippen LogP contribution < -0.4 is 0 Å². The Hall–Kier alpha value is 0.200. The topological polar surface area (TPSA) is 43.4 Å². The molecule has 0 fully saturated rings. The molecule has 0 N–H and O–H groups in total. The third-order valence-electron chi connectivity index (χ3n) is 1.84. The van der Waals surface area contributed by atoms with Gasteiger partial charge in [0.15, 0.2) is 0 Å². The van der Waals surface area contributed by atoms with E-state index in [1.54, 1.807) is 0 Å². The Morgan fingerprint density at radius 3 is 2.36 bits per heavy atom. The molecule has 0 aliphatic carbocycles. The fraction of sp³-hybridized carbons (Fsp3) is 1.00. The molecule has 0 heterocycles. The Labute approximate surface area is 91.2 Å². The van der Waals surface area contributed by atoms with Crippen LogP contribution in [0.5, 0.6) is 0 Å². The first-order chi connectivity index (χ1) is 6.35. The molecule has 0 spiro atoms. The fourth-order valence-corrected chi connectivity index (χ4v) is 2.63. The Balaban J connectivity index is 3.69. The molecular weight excluding hydrogens is 224 g/mol. The molecule has 0 saturated carbocycles. The molecule has 2 atom stereocenters. The summed E-state index contributed by atoms with van der Waals surface area (Å²) in [6, 6.07) is 0. The van der Waals surface area contributed by atoms with Crippen LogP contribution in [-0.4, -0.2) is 26.9 Å². The van der Waals surface area contributed by atoms with Gasteiger partial charge in [0.1, 0.15) is 0 Å². The van der Waals surface area contributed by atoms with Crippen molar-refractivity contribution in [2.75, 3.05) is 12.4 Å². The molecule has 0 rings (SSSR count). The summed E-state index contributed by atoms with van der Waals surface area (Å²) < 4.78 is 26.9. The zero-order valence-corrected chi connectivity index (χ0v) is 10.6. The van der Waals surface area contributed by atoms with Gasteiger partial charge >= 0.3 is 0 Å². The lowest BCUT2D eigenvalue weighted by atomic mass is 10.2. The first-order valence-corrected chi connectivity index (χ1v) is 7.37. The highest BCUT2D eigenvalue weighted by atomic mass is 35.7. The van der Waals surface area contributed by atoms with Crippen molar-refractivity contribution in [2.24, 2.45) is 5.92 Å². The molecule has 0 aromatic carbocycles. The van der Waals surface area contributed by atoms with Gasteiger partial charge in [-0.3, -0.25) is 0 Å². The molecule has 0 bridgehead atoms. The van der Waals surface area contributed by atoms with Crippen molar-refractivity contribution in [3.05, 3.63) is 0 Å². The highest BCUT2D eigenvalue weighted by molar-refractivity contribution is 8.13. The number of rotatable bonds is 7. The van der Waals surface area contributed by atoms with Crippen molar-refractivity contribution >= 4 is 19.7 Å². The molecule has 5 heteroatoms. The highest BCUT2D eigenvalue weighted by Gasteiger charge is 2.13. The first-order valence-electron chi connectivity index (χ1n) is 4.89. The van der Waals surface area contributed by atoms with Crippen molar-refractivity contribution < 1.29 is 13.2 Å². The van der Waals surface area contributed by atoms with Gasteiger partial charge in [0.2, 0.25) is 9.05 Å². The summed E-state index contributed by atoms with van der Waals surface area (Å²) >= 11 is 0. The minimum Gasteiger partial charge on any atom is -0.378 e. The molecule has 86 valence electrons. The van der Waals surface area contributed by atoms with Crippen LogP contribution in [0.15, 0.2) is 0 Å². The average Bonchev–Trinajstić information content (AvgIpc) is 1.98. The summed E-state index contributed by atoms with van der Waals surface area (Å²) in [4.78, 5) is 0. The van der Waals surface area contributed by atoms with Crippen LogP contribution in [0.3, 0.4) is 0 Å². The van der Waals surface area contributed by atoms with Crippen LogP contribution in [0.4, 0.5) is 0 Å². The molecule has 0 saturated heterocycles. The van der Waals surface area contributed by atoms with Crippen molar-refractivity contribution in [3.63, 3.8) is 0 Å². The predicted octanol–water partition coefficient (Wildman–Crippen LogP) is 2.40. The van der Waals surface area contributed by atoms with Crippen molar-refractivity contribution in [1.29, 1.82) is 0 Å².